The average molecular weight is 428 g/mol. The molecule has 1 fully saturated rings. The van der Waals surface area contributed by atoms with Crippen LogP contribution in [0.15, 0.2) is 53.3 Å². The van der Waals surface area contributed by atoms with Crippen LogP contribution in [0.4, 0.5) is 0 Å². The van der Waals surface area contributed by atoms with Crippen molar-refractivity contribution >= 4 is 17.4 Å². The second-order valence-corrected chi connectivity index (χ2v) is 6.49. The number of H-pyrrole nitrogens is 1. The zero-order chi connectivity index (χ0) is 23.1. The van der Waals surface area contributed by atoms with Crippen LogP contribution in [-0.4, -0.2) is 43.2 Å². The highest BCUT2D eigenvalue weighted by Crippen LogP contribution is 2.19. The van der Waals surface area contributed by atoms with Gasteiger partial charge in [-0.2, -0.15) is 0 Å². The van der Waals surface area contributed by atoms with E-state index in [4.69, 9.17) is 9.53 Å². The van der Waals surface area contributed by atoms with E-state index in [0.29, 0.717) is 28.9 Å². The lowest BCUT2D eigenvalue weighted by atomic mass is 10.2. The normalized spacial score (nSPS) is 14.0. The number of hydrogen-bond donors (Lipinski definition) is 2. The van der Waals surface area contributed by atoms with Crippen molar-refractivity contribution < 1.29 is 14.3 Å². The Kier molecular flexibility index (Phi) is 12.3. The Balaban J connectivity index is 0.000000331. The highest BCUT2D eigenvalue weighted by atomic mass is 16.5. The van der Waals surface area contributed by atoms with Gasteiger partial charge >= 0.3 is 0 Å². The average Bonchev–Trinajstić information content (AvgIpc) is 3.32. The molecule has 1 aliphatic heterocycles. The number of ether oxygens (including phenoxy) is 2. The molecule has 2 N–H and O–H groups in total. The molecule has 4 rings (SSSR count). The number of carbonyl (C=O) groups is 1. The third kappa shape index (κ3) is 8.60. The SMILES string of the molecule is CC.CC1CCCN1.COC=O.COc1ccc2nc(-c3ccccc3)[nH]c(=O)c2c1. The molecule has 0 radical (unpaired) electrons. The van der Waals surface area contributed by atoms with Crippen molar-refractivity contribution in [1.29, 1.82) is 0 Å². The van der Waals surface area contributed by atoms with E-state index in [1.807, 2.05) is 44.2 Å². The molecule has 0 spiro atoms. The molecule has 3 aromatic rings. The standard InChI is InChI=1S/C15H12N2O2.C5H11N.C2H4O2.C2H6/c1-19-11-7-8-13-12(9-11)15(18)17-14(16-13)10-5-3-2-4-6-10;1-5-3-2-4-6-5;1-4-2-3;1-2/h2-9H,1H3,(H,16,17,18);5-6H,2-4H2,1H3;2H,1H3;1-2H3. The first-order valence-corrected chi connectivity index (χ1v) is 10.4. The zero-order valence-electron chi connectivity index (χ0n) is 19.0. The fourth-order valence-electron chi connectivity index (χ4n) is 2.84. The molecular weight excluding hydrogens is 394 g/mol. The van der Waals surface area contributed by atoms with Crippen molar-refractivity contribution in [2.75, 3.05) is 20.8 Å². The fourth-order valence-corrected chi connectivity index (χ4v) is 2.84. The number of fused-ring (bicyclic) bond motifs is 1. The number of nitrogens with one attached hydrogen (secondary N) is 2. The number of carbonyl (C=O) groups excluding carboxylic acids is 1. The molecule has 0 bridgehead atoms. The van der Waals surface area contributed by atoms with Crippen LogP contribution in [-0.2, 0) is 9.53 Å². The molecule has 1 aromatic heterocycles. The van der Waals surface area contributed by atoms with Gasteiger partial charge in [-0.1, -0.05) is 44.2 Å². The summed E-state index contributed by atoms with van der Waals surface area (Å²) in [6.45, 7) is 7.84. The van der Waals surface area contributed by atoms with Gasteiger partial charge in [0, 0.05) is 11.6 Å². The smallest absolute Gasteiger partial charge is 0.292 e. The van der Waals surface area contributed by atoms with Crippen LogP contribution in [0.3, 0.4) is 0 Å². The number of hydrogen-bond acceptors (Lipinski definition) is 6. The number of benzene rings is 2. The second-order valence-electron chi connectivity index (χ2n) is 6.49. The van der Waals surface area contributed by atoms with E-state index in [-0.39, 0.29) is 5.56 Å². The molecule has 0 amide bonds. The van der Waals surface area contributed by atoms with Crippen LogP contribution in [0, 0.1) is 0 Å². The van der Waals surface area contributed by atoms with Gasteiger partial charge in [-0.15, -0.1) is 0 Å². The number of aromatic nitrogens is 2. The second kappa shape index (κ2) is 14.7. The van der Waals surface area contributed by atoms with E-state index in [9.17, 15) is 4.79 Å². The summed E-state index contributed by atoms with van der Waals surface area (Å²) in [6, 6.07) is 15.6. The first-order chi connectivity index (χ1) is 15.1. The monoisotopic (exact) mass is 427 g/mol. The topological polar surface area (TPSA) is 93.3 Å². The largest absolute Gasteiger partial charge is 0.497 e. The third-order valence-electron chi connectivity index (χ3n) is 4.36. The maximum Gasteiger partial charge on any atom is 0.292 e. The van der Waals surface area contributed by atoms with Gasteiger partial charge in [0.15, 0.2) is 0 Å². The van der Waals surface area contributed by atoms with Gasteiger partial charge in [-0.05, 0) is 44.5 Å². The van der Waals surface area contributed by atoms with E-state index in [1.165, 1.54) is 26.5 Å². The van der Waals surface area contributed by atoms with Crippen molar-refractivity contribution in [2.24, 2.45) is 0 Å². The number of nitrogens with zero attached hydrogens (tertiary/aromatic N) is 1. The van der Waals surface area contributed by atoms with E-state index < -0.39 is 0 Å². The molecule has 1 unspecified atom stereocenters. The third-order valence-corrected chi connectivity index (χ3v) is 4.36. The van der Waals surface area contributed by atoms with Crippen LogP contribution in [0.1, 0.15) is 33.6 Å². The number of methoxy groups -OCH3 is 2. The Hall–Kier alpha value is -3.19. The summed E-state index contributed by atoms with van der Waals surface area (Å²) < 4.78 is 8.97. The van der Waals surface area contributed by atoms with E-state index >= 15 is 0 Å². The van der Waals surface area contributed by atoms with Gasteiger partial charge in [-0.25, -0.2) is 4.98 Å². The molecule has 0 aliphatic carbocycles. The van der Waals surface area contributed by atoms with Crippen molar-refractivity contribution in [1.82, 2.24) is 15.3 Å². The Morgan fingerprint density at radius 2 is 1.77 bits per heavy atom. The van der Waals surface area contributed by atoms with Crippen molar-refractivity contribution in [2.45, 2.75) is 39.7 Å². The van der Waals surface area contributed by atoms with E-state index in [2.05, 4.69) is 26.9 Å². The Morgan fingerprint density at radius 3 is 2.26 bits per heavy atom. The van der Waals surface area contributed by atoms with Crippen LogP contribution in [0.25, 0.3) is 22.3 Å². The lowest BCUT2D eigenvalue weighted by molar-refractivity contribution is -0.126. The van der Waals surface area contributed by atoms with E-state index in [1.54, 1.807) is 25.3 Å². The molecule has 2 heterocycles. The van der Waals surface area contributed by atoms with Crippen LogP contribution < -0.4 is 15.6 Å². The molecule has 1 aliphatic rings. The highest BCUT2D eigenvalue weighted by molar-refractivity contribution is 5.80. The van der Waals surface area contributed by atoms with Gasteiger partial charge in [0.25, 0.3) is 12.0 Å². The summed E-state index contributed by atoms with van der Waals surface area (Å²) in [7, 11) is 2.88. The summed E-state index contributed by atoms with van der Waals surface area (Å²) in [6.07, 6.45) is 2.75. The van der Waals surface area contributed by atoms with Crippen molar-refractivity contribution in [3.8, 4) is 17.1 Å². The minimum absolute atomic E-state index is 0.164. The predicted molar refractivity (Wildman–Crippen MR) is 125 cm³/mol. The fraction of sp³-hybridized carbons (Fsp3) is 0.375. The maximum atomic E-state index is 12.1. The van der Waals surface area contributed by atoms with Crippen LogP contribution in [0.5, 0.6) is 5.75 Å². The molecule has 7 nitrogen and oxygen atoms in total. The first kappa shape index (κ1) is 25.8. The van der Waals surface area contributed by atoms with Crippen LogP contribution in [0.2, 0.25) is 0 Å². The summed E-state index contributed by atoms with van der Waals surface area (Å²) >= 11 is 0. The molecule has 0 saturated carbocycles. The Morgan fingerprint density at radius 1 is 1.10 bits per heavy atom. The minimum Gasteiger partial charge on any atom is -0.497 e. The summed E-state index contributed by atoms with van der Waals surface area (Å²) in [5.41, 5.74) is 1.38. The van der Waals surface area contributed by atoms with E-state index in [0.717, 1.165) is 11.6 Å². The molecule has 1 saturated heterocycles. The zero-order valence-corrected chi connectivity index (χ0v) is 19.0. The van der Waals surface area contributed by atoms with Crippen molar-refractivity contribution in [3.63, 3.8) is 0 Å². The van der Waals surface area contributed by atoms with Gasteiger partial charge in [-0.3, -0.25) is 9.59 Å². The molecule has 168 valence electrons. The van der Waals surface area contributed by atoms with Gasteiger partial charge in [0.05, 0.1) is 25.1 Å². The first-order valence-electron chi connectivity index (χ1n) is 10.4. The lowest BCUT2D eigenvalue weighted by Crippen LogP contribution is -2.16. The molecule has 31 heavy (non-hydrogen) atoms. The van der Waals surface area contributed by atoms with Crippen molar-refractivity contribution in [3.05, 3.63) is 58.9 Å². The molecule has 1 atom stereocenters. The number of rotatable bonds is 3. The summed E-state index contributed by atoms with van der Waals surface area (Å²) in [5.74, 6) is 1.22. The highest BCUT2D eigenvalue weighted by Gasteiger charge is 2.07. The lowest BCUT2D eigenvalue weighted by Gasteiger charge is -2.04. The summed E-state index contributed by atoms with van der Waals surface area (Å²) in [4.78, 5) is 28.3. The molecule has 2 aromatic carbocycles. The quantitative estimate of drug-likeness (QED) is 0.609. The predicted octanol–water partition coefficient (Wildman–Crippen LogP) is 4.17. The van der Waals surface area contributed by atoms with Gasteiger partial charge in [0.1, 0.15) is 11.6 Å². The number of aromatic amines is 1. The van der Waals surface area contributed by atoms with Gasteiger partial charge in [0.2, 0.25) is 0 Å². The summed E-state index contributed by atoms with van der Waals surface area (Å²) in [5, 5.41) is 3.85. The van der Waals surface area contributed by atoms with Crippen LogP contribution >= 0.6 is 0 Å². The molecular formula is C24H33N3O4. The Bertz CT molecular complexity index is 952. The maximum absolute atomic E-state index is 12.1. The minimum atomic E-state index is -0.164. The Labute approximate surface area is 183 Å². The molecule has 7 heteroatoms. The van der Waals surface area contributed by atoms with Gasteiger partial charge < -0.3 is 19.8 Å².